The Labute approximate surface area is 230 Å². The van der Waals surface area contributed by atoms with Gasteiger partial charge in [0.2, 0.25) is 0 Å². The van der Waals surface area contributed by atoms with E-state index in [-0.39, 0.29) is 21.7 Å². The first-order chi connectivity index (χ1) is 17.1. The van der Waals surface area contributed by atoms with Gasteiger partial charge in [-0.3, -0.25) is 0 Å². The lowest BCUT2D eigenvalue weighted by molar-refractivity contribution is 0.331. The van der Waals surface area contributed by atoms with Crippen molar-refractivity contribution < 1.29 is 0 Å². The molecule has 0 saturated heterocycles. The summed E-state index contributed by atoms with van der Waals surface area (Å²) < 4.78 is 0. The van der Waals surface area contributed by atoms with Gasteiger partial charge in [-0.2, -0.15) is 0 Å². The summed E-state index contributed by atoms with van der Waals surface area (Å²) >= 11 is 6.73. The van der Waals surface area contributed by atoms with E-state index in [0.29, 0.717) is 0 Å². The van der Waals surface area contributed by atoms with Crippen molar-refractivity contribution in [2.24, 2.45) is 0 Å². The summed E-state index contributed by atoms with van der Waals surface area (Å²) in [7, 11) is 0. The lowest BCUT2D eigenvalue weighted by Gasteiger charge is -2.47. The maximum absolute atomic E-state index is 6.73. The van der Waals surface area contributed by atoms with Crippen molar-refractivity contribution in [2.45, 2.75) is 110 Å². The third kappa shape index (κ3) is 4.42. The highest BCUT2D eigenvalue weighted by Crippen LogP contribution is 2.55. The van der Waals surface area contributed by atoms with Gasteiger partial charge in [-0.15, -0.1) is 0 Å². The summed E-state index contributed by atoms with van der Waals surface area (Å²) in [6, 6.07) is 20.5. The number of benzene rings is 3. The Morgan fingerprint density at radius 2 is 1.03 bits per heavy atom. The fourth-order valence-electron chi connectivity index (χ4n) is 7.03. The van der Waals surface area contributed by atoms with E-state index < -0.39 is 0 Å². The van der Waals surface area contributed by atoms with Gasteiger partial charge in [0.05, 0.1) is 11.4 Å². The molecule has 2 aliphatic carbocycles. The van der Waals surface area contributed by atoms with Crippen molar-refractivity contribution in [1.29, 1.82) is 0 Å². The van der Waals surface area contributed by atoms with Crippen LogP contribution >= 0.6 is 11.6 Å². The predicted molar refractivity (Wildman–Crippen MR) is 161 cm³/mol. The smallest absolute Gasteiger partial charge is 0.0502 e. The first-order valence-electron chi connectivity index (χ1n) is 14.0. The number of hydrogen-bond donors (Lipinski definition) is 0. The summed E-state index contributed by atoms with van der Waals surface area (Å²) in [6.07, 6.45) is 4.76. The van der Waals surface area contributed by atoms with E-state index in [0.717, 1.165) is 10.7 Å². The highest BCUT2D eigenvalue weighted by atomic mass is 35.5. The van der Waals surface area contributed by atoms with Crippen LogP contribution in [0.2, 0.25) is 5.02 Å². The van der Waals surface area contributed by atoms with Crippen molar-refractivity contribution >= 4 is 28.7 Å². The minimum absolute atomic E-state index is 0.0803. The number of anilines is 3. The van der Waals surface area contributed by atoms with Gasteiger partial charge in [0, 0.05) is 10.7 Å². The zero-order valence-corrected chi connectivity index (χ0v) is 25.1. The molecule has 0 heterocycles. The van der Waals surface area contributed by atoms with Crippen molar-refractivity contribution in [3.05, 3.63) is 87.4 Å². The van der Waals surface area contributed by atoms with Crippen LogP contribution in [0.1, 0.15) is 109 Å². The SMILES string of the molecule is Cc1cc(Cl)cc(N(c2cccc3c2C(C)(C)CCC3(C)C)c2cccc3c2C(C)(C)CCC3(C)C)c1. The Balaban J connectivity index is 1.90. The van der Waals surface area contributed by atoms with Crippen molar-refractivity contribution in [3.8, 4) is 0 Å². The van der Waals surface area contributed by atoms with Gasteiger partial charge in [0.15, 0.2) is 0 Å². The minimum Gasteiger partial charge on any atom is -0.310 e. The molecule has 0 N–H and O–H groups in total. The number of rotatable bonds is 3. The van der Waals surface area contributed by atoms with Crippen LogP contribution in [0.3, 0.4) is 0 Å². The van der Waals surface area contributed by atoms with Gasteiger partial charge in [-0.05, 0) is 112 Å². The predicted octanol–water partition coefficient (Wildman–Crippen LogP) is 10.8. The molecule has 0 amide bonds. The maximum atomic E-state index is 6.73. The third-order valence-electron chi connectivity index (χ3n) is 9.41. The van der Waals surface area contributed by atoms with Gasteiger partial charge in [0.1, 0.15) is 0 Å². The fraction of sp³-hybridized carbons (Fsp3) is 0.486. The second-order valence-corrected chi connectivity index (χ2v) is 14.7. The minimum atomic E-state index is 0.0803. The first-order valence-corrected chi connectivity index (χ1v) is 14.4. The molecule has 5 rings (SSSR count). The molecule has 0 aromatic heterocycles. The van der Waals surface area contributed by atoms with E-state index in [2.05, 4.69) is 122 Å². The summed E-state index contributed by atoms with van der Waals surface area (Å²) in [6.45, 7) is 21.5. The van der Waals surface area contributed by atoms with Crippen molar-refractivity contribution in [2.75, 3.05) is 4.90 Å². The molecule has 0 bridgehead atoms. The van der Waals surface area contributed by atoms with Crippen LogP contribution in [-0.4, -0.2) is 0 Å². The van der Waals surface area contributed by atoms with Gasteiger partial charge in [0.25, 0.3) is 0 Å². The zero-order chi connectivity index (χ0) is 27.0. The molecule has 2 heteroatoms. The van der Waals surface area contributed by atoms with E-state index in [9.17, 15) is 0 Å². The summed E-state index contributed by atoms with van der Waals surface area (Å²) in [5.41, 5.74) is 11.3. The molecule has 0 atom stereocenters. The zero-order valence-electron chi connectivity index (χ0n) is 24.3. The number of fused-ring (bicyclic) bond motifs is 2. The van der Waals surface area contributed by atoms with Crippen LogP contribution in [0.5, 0.6) is 0 Å². The molecule has 2 aliphatic rings. The molecule has 0 saturated carbocycles. The Morgan fingerprint density at radius 1 is 0.595 bits per heavy atom. The molecule has 3 aromatic carbocycles. The standard InChI is InChI=1S/C35H44ClN/c1-23-20-24(36)22-25(21-23)37(28-14-10-12-26-30(28)34(6,7)18-16-32(26,2)3)29-15-11-13-27-31(29)35(8,9)19-17-33(27,4)5/h10-15,20-22H,16-19H2,1-9H3. The van der Waals surface area contributed by atoms with Crippen LogP contribution in [0.15, 0.2) is 54.6 Å². The molecule has 0 radical (unpaired) electrons. The quantitative estimate of drug-likeness (QED) is 0.336. The number of aryl methyl sites for hydroxylation is 1. The van der Waals surface area contributed by atoms with Crippen molar-refractivity contribution in [1.82, 2.24) is 0 Å². The number of halogens is 1. The highest BCUT2D eigenvalue weighted by Gasteiger charge is 2.42. The Bertz CT molecular complexity index is 1260. The molecule has 0 unspecified atom stereocenters. The molecule has 0 fully saturated rings. The van der Waals surface area contributed by atoms with Gasteiger partial charge in [-0.1, -0.05) is 91.3 Å². The van der Waals surface area contributed by atoms with E-state index >= 15 is 0 Å². The second kappa shape index (κ2) is 8.63. The molecule has 37 heavy (non-hydrogen) atoms. The first kappa shape index (κ1) is 26.4. The summed E-state index contributed by atoms with van der Waals surface area (Å²) in [5.74, 6) is 0. The highest BCUT2D eigenvalue weighted by molar-refractivity contribution is 6.31. The summed E-state index contributed by atoms with van der Waals surface area (Å²) in [4.78, 5) is 2.54. The van der Waals surface area contributed by atoms with Gasteiger partial charge >= 0.3 is 0 Å². The topological polar surface area (TPSA) is 3.24 Å². The molecule has 1 nitrogen and oxygen atoms in total. The molecule has 0 aliphatic heterocycles. The lowest BCUT2D eigenvalue weighted by Crippen LogP contribution is -2.37. The van der Waals surface area contributed by atoms with E-state index in [4.69, 9.17) is 11.6 Å². The van der Waals surface area contributed by atoms with Gasteiger partial charge < -0.3 is 4.90 Å². The molecule has 0 spiro atoms. The third-order valence-corrected chi connectivity index (χ3v) is 9.63. The average Bonchev–Trinajstić information content (AvgIpc) is 2.80. The second-order valence-electron chi connectivity index (χ2n) is 14.3. The van der Waals surface area contributed by atoms with Crippen LogP contribution < -0.4 is 4.90 Å². The fourth-order valence-corrected chi connectivity index (χ4v) is 7.31. The van der Waals surface area contributed by atoms with Gasteiger partial charge in [-0.25, -0.2) is 0 Å². The van der Waals surface area contributed by atoms with Crippen LogP contribution in [0.25, 0.3) is 0 Å². The molecule has 3 aromatic rings. The van der Waals surface area contributed by atoms with Crippen LogP contribution in [0.4, 0.5) is 17.1 Å². The Morgan fingerprint density at radius 3 is 1.46 bits per heavy atom. The maximum Gasteiger partial charge on any atom is 0.0502 e. The Hall–Kier alpha value is -2.25. The van der Waals surface area contributed by atoms with E-state index in [1.807, 2.05) is 0 Å². The summed E-state index contributed by atoms with van der Waals surface area (Å²) in [5, 5.41) is 0.786. The lowest BCUT2D eigenvalue weighted by atomic mass is 9.62. The normalized spacial score (nSPS) is 20.6. The average molecular weight is 514 g/mol. The number of nitrogens with zero attached hydrogens (tertiary/aromatic N) is 1. The molecular weight excluding hydrogens is 470 g/mol. The Kier molecular flexibility index (Phi) is 6.15. The largest absolute Gasteiger partial charge is 0.310 e. The van der Waals surface area contributed by atoms with Crippen molar-refractivity contribution in [3.63, 3.8) is 0 Å². The van der Waals surface area contributed by atoms with E-state index in [1.54, 1.807) is 0 Å². The van der Waals surface area contributed by atoms with E-state index in [1.165, 1.54) is 64.9 Å². The van der Waals surface area contributed by atoms with Crippen LogP contribution in [-0.2, 0) is 21.7 Å². The van der Waals surface area contributed by atoms with Crippen LogP contribution in [0, 0.1) is 6.92 Å². The monoisotopic (exact) mass is 513 g/mol. The molecular formula is C35H44ClN. The molecule has 196 valence electrons. The number of hydrogen-bond acceptors (Lipinski definition) is 1.